The number of ether oxygens (including phenoxy) is 1. The second-order valence-electron chi connectivity index (χ2n) is 6.09. The molecule has 0 aliphatic heterocycles. The predicted molar refractivity (Wildman–Crippen MR) is 92.3 cm³/mol. The summed E-state index contributed by atoms with van der Waals surface area (Å²) in [5.41, 5.74) is 3.09. The zero-order valence-electron chi connectivity index (χ0n) is 14.9. The van der Waals surface area contributed by atoms with Crippen LogP contribution < -0.4 is 10.1 Å². The molecule has 0 radical (unpaired) electrons. The molecular formula is C18H17F3N4O2. The van der Waals surface area contributed by atoms with E-state index in [0.717, 1.165) is 0 Å². The van der Waals surface area contributed by atoms with E-state index in [1.165, 1.54) is 24.3 Å². The van der Waals surface area contributed by atoms with E-state index >= 15 is 0 Å². The highest BCUT2D eigenvalue weighted by Gasteiger charge is 2.30. The first-order valence-corrected chi connectivity index (χ1v) is 8.08. The van der Waals surface area contributed by atoms with Crippen molar-refractivity contribution in [2.24, 2.45) is 7.05 Å². The van der Waals surface area contributed by atoms with Crippen LogP contribution in [0.4, 0.5) is 13.2 Å². The zero-order chi connectivity index (χ0) is 19.8. The summed E-state index contributed by atoms with van der Waals surface area (Å²) < 4.78 is 42.0. The number of halogens is 3. The summed E-state index contributed by atoms with van der Waals surface area (Å²) in [4.78, 5) is 17.1. The fraction of sp³-hybridized carbons (Fsp3) is 0.278. The standard InChI is InChI=1S/C18H17F3N4O2/c1-10-8-14(15-11(2)24-25(3)16(15)23-10)17(26)22-9-12-4-6-13(7-5-12)27-18(19,20)21/h4-8H,9H2,1-3H3,(H,22,26). The Hall–Kier alpha value is -3.10. The fourth-order valence-electron chi connectivity index (χ4n) is 2.84. The number of fused-ring (bicyclic) bond motifs is 1. The van der Waals surface area contributed by atoms with Crippen LogP contribution in [0.2, 0.25) is 0 Å². The molecule has 2 aromatic heterocycles. The molecule has 1 amide bonds. The Morgan fingerprint density at radius 3 is 2.52 bits per heavy atom. The minimum absolute atomic E-state index is 0.160. The molecular weight excluding hydrogens is 361 g/mol. The molecule has 0 aliphatic rings. The first kappa shape index (κ1) is 18.7. The Kier molecular flexibility index (Phi) is 4.77. The molecule has 3 aromatic rings. The van der Waals surface area contributed by atoms with E-state index in [4.69, 9.17) is 0 Å². The highest BCUT2D eigenvalue weighted by molar-refractivity contribution is 6.06. The van der Waals surface area contributed by atoms with E-state index < -0.39 is 6.36 Å². The second-order valence-corrected chi connectivity index (χ2v) is 6.09. The van der Waals surface area contributed by atoms with Gasteiger partial charge in [-0.1, -0.05) is 12.1 Å². The van der Waals surface area contributed by atoms with Gasteiger partial charge in [0, 0.05) is 19.3 Å². The van der Waals surface area contributed by atoms with Crippen molar-refractivity contribution in [1.82, 2.24) is 20.1 Å². The van der Waals surface area contributed by atoms with Crippen LogP contribution >= 0.6 is 0 Å². The van der Waals surface area contributed by atoms with Crippen LogP contribution in [0.25, 0.3) is 11.0 Å². The summed E-state index contributed by atoms with van der Waals surface area (Å²) in [6.07, 6.45) is -4.73. The summed E-state index contributed by atoms with van der Waals surface area (Å²) >= 11 is 0. The van der Waals surface area contributed by atoms with Gasteiger partial charge in [0.2, 0.25) is 0 Å². The molecule has 142 valence electrons. The Morgan fingerprint density at radius 1 is 1.22 bits per heavy atom. The number of hydrogen-bond acceptors (Lipinski definition) is 4. The van der Waals surface area contributed by atoms with Crippen molar-refractivity contribution in [3.8, 4) is 5.75 Å². The average molecular weight is 378 g/mol. The zero-order valence-corrected chi connectivity index (χ0v) is 14.9. The Morgan fingerprint density at radius 2 is 1.89 bits per heavy atom. The van der Waals surface area contributed by atoms with Gasteiger partial charge in [-0.25, -0.2) is 4.98 Å². The number of carbonyl (C=O) groups excluding carboxylic acids is 1. The molecule has 27 heavy (non-hydrogen) atoms. The molecule has 0 unspecified atom stereocenters. The van der Waals surface area contributed by atoms with Crippen LogP contribution in [-0.2, 0) is 13.6 Å². The van der Waals surface area contributed by atoms with Crippen molar-refractivity contribution in [1.29, 1.82) is 0 Å². The molecule has 0 bridgehead atoms. The molecule has 0 saturated carbocycles. The third-order valence-corrected chi connectivity index (χ3v) is 3.95. The third-order valence-electron chi connectivity index (χ3n) is 3.95. The van der Waals surface area contributed by atoms with E-state index in [-0.39, 0.29) is 18.2 Å². The van der Waals surface area contributed by atoms with Crippen LogP contribution in [0.5, 0.6) is 5.75 Å². The summed E-state index contributed by atoms with van der Waals surface area (Å²) in [7, 11) is 1.76. The minimum Gasteiger partial charge on any atom is -0.406 e. The van der Waals surface area contributed by atoms with Gasteiger partial charge in [0.15, 0.2) is 5.65 Å². The van der Waals surface area contributed by atoms with Gasteiger partial charge >= 0.3 is 6.36 Å². The Balaban J connectivity index is 1.76. The van der Waals surface area contributed by atoms with Gasteiger partial charge in [-0.3, -0.25) is 9.48 Å². The number of nitrogens with one attached hydrogen (secondary N) is 1. The summed E-state index contributed by atoms with van der Waals surface area (Å²) in [6.45, 7) is 3.75. The quantitative estimate of drug-likeness (QED) is 0.755. The smallest absolute Gasteiger partial charge is 0.406 e. The van der Waals surface area contributed by atoms with Gasteiger partial charge in [0.1, 0.15) is 5.75 Å². The molecule has 0 atom stereocenters. The van der Waals surface area contributed by atoms with E-state index in [1.807, 2.05) is 0 Å². The first-order chi connectivity index (χ1) is 12.6. The first-order valence-electron chi connectivity index (χ1n) is 8.08. The lowest BCUT2D eigenvalue weighted by Gasteiger charge is -2.10. The number of alkyl halides is 3. The Bertz CT molecular complexity index is 994. The van der Waals surface area contributed by atoms with Gasteiger partial charge in [-0.15, -0.1) is 13.2 Å². The van der Waals surface area contributed by atoms with Crippen molar-refractivity contribution in [2.45, 2.75) is 26.8 Å². The molecule has 1 N–H and O–H groups in total. The van der Waals surface area contributed by atoms with Gasteiger partial charge in [0.25, 0.3) is 5.91 Å². The highest BCUT2D eigenvalue weighted by atomic mass is 19.4. The molecule has 0 saturated heterocycles. The van der Waals surface area contributed by atoms with Crippen LogP contribution in [0.15, 0.2) is 30.3 Å². The number of carbonyl (C=O) groups is 1. The molecule has 0 fully saturated rings. The largest absolute Gasteiger partial charge is 0.573 e. The maximum absolute atomic E-state index is 12.7. The minimum atomic E-state index is -4.73. The van der Waals surface area contributed by atoms with Crippen molar-refractivity contribution < 1.29 is 22.7 Å². The molecule has 6 nitrogen and oxygen atoms in total. The monoisotopic (exact) mass is 378 g/mol. The molecule has 2 heterocycles. The number of amides is 1. The molecule has 9 heteroatoms. The summed E-state index contributed by atoms with van der Waals surface area (Å²) in [5, 5.41) is 7.75. The predicted octanol–water partition coefficient (Wildman–Crippen LogP) is 3.41. The van der Waals surface area contributed by atoms with E-state index in [1.54, 1.807) is 31.6 Å². The van der Waals surface area contributed by atoms with E-state index in [9.17, 15) is 18.0 Å². The van der Waals surface area contributed by atoms with E-state index in [0.29, 0.717) is 33.5 Å². The number of nitrogens with zero attached hydrogens (tertiary/aromatic N) is 3. The summed E-state index contributed by atoms with van der Waals surface area (Å²) in [6, 6.07) is 7.02. The molecule has 1 aromatic carbocycles. The SMILES string of the molecule is Cc1cc(C(=O)NCc2ccc(OC(F)(F)F)cc2)c2c(C)nn(C)c2n1. The third kappa shape index (κ3) is 4.18. The average Bonchev–Trinajstić information content (AvgIpc) is 2.86. The van der Waals surface area contributed by atoms with Gasteiger partial charge < -0.3 is 10.1 Å². The topological polar surface area (TPSA) is 69.0 Å². The van der Waals surface area contributed by atoms with Crippen molar-refractivity contribution in [3.05, 3.63) is 52.8 Å². The van der Waals surface area contributed by atoms with Crippen LogP contribution in [0.1, 0.15) is 27.3 Å². The lowest BCUT2D eigenvalue weighted by Crippen LogP contribution is -2.23. The Labute approximate surface area is 153 Å². The van der Waals surface area contributed by atoms with Crippen LogP contribution in [0.3, 0.4) is 0 Å². The van der Waals surface area contributed by atoms with Crippen LogP contribution in [-0.4, -0.2) is 27.0 Å². The lowest BCUT2D eigenvalue weighted by atomic mass is 10.1. The molecule has 0 spiro atoms. The number of benzene rings is 1. The van der Waals surface area contributed by atoms with E-state index in [2.05, 4.69) is 20.1 Å². The number of aryl methyl sites for hydroxylation is 3. The summed E-state index contributed by atoms with van der Waals surface area (Å²) in [5.74, 6) is -0.618. The van der Waals surface area contributed by atoms with Crippen molar-refractivity contribution in [2.75, 3.05) is 0 Å². The number of rotatable bonds is 4. The number of hydrogen-bond donors (Lipinski definition) is 1. The lowest BCUT2D eigenvalue weighted by molar-refractivity contribution is -0.274. The number of pyridine rings is 1. The van der Waals surface area contributed by atoms with Crippen molar-refractivity contribution in [3.63, 3.8) is 0 Å². The molecule has 0 aliphatic carbocycles. The second kappa shape index (κ2) is 6.90. The van der Waals surface area contributed by atoms with Crippen LogP contribution in [0, 0.1) is 13.8 Å². The maximum Gasteiger partial charge on any atom is 0.573 e. The van der Waals surface area contributed by atoms with Gasteiger partial charge in [0.05, 0.1) is 16.6 Å². The molecule has 3 rings (SSSR count). The van der Waals surface area contributed by atoms with Gasteiger partial charge in [-0.2, -0.15) is 5.10 Å². The normalized spacial score (nSPS) is 11.6. The maximum atomic E-state index is 12.7. The van der Waals surface area contributed by atoms with Crippen molar-refractivity contribution >= 4 is 16.9 Å². The highest BCUT2D eigenvalue weighted by Crippen LogP contribution is 2.23. The number of aromatic nitrogens is 3. The van der Waals surface area contributed by atoms with Gasteiger partial charge in [-0.05, 0) is 37.6 Å². The fourth-order valence-corrected chi connectivity index (χ4v) is 2.84.